The van der Waals surface area contributed by atoms with E-state index in [4.69, 9.17) is 16.2 Å². The number of para-hydroxylation sites is 1. The maximum atomic E-state index is 12.8. The molecule has 0 aliphatic carbocycles. The van der Waals surface area contributed by atoms with Crippen molar-refractivity contribution in [2.24, 2.45) is 0 Å². The summed E-state index contributed by atoms with van der Waals surface area (Å²) in [7, 11) is -2.31. The first-order valence-corrected chi connectivity index (χ1v) is 9.10. The highest BCUT2D eigenvalue weighted by molar-refractivity contribution is 7.93. The minimum Gasteiger partial charge on any atom is -0.496 e. The molecule has 0 aliphatic heterocycles. The Labute approximate surface area is 147 Å². The molecule has 0 atom stereocenters. The number of nitrogen functional groups attached to an aromatic ring is 2. The van der Waals surface area contributed by atoms with Crippen LogP contribution >= 0.6 is 0 Å². The summed E-state index contributed by atoms with van der Waals surface area (Å²) in [4.78, 5) is 12.7. The Balaban J connectivity index is 2.68. The van der Waals surface area contributed by atoms with Gasteiger partial charge in [0.2, 0.25) is 0 Å². The molecule has 0 heterocycles. The third-order valence-corrected chi connectivity index (χ3v) is 6.41. The van der Waals surface area contributed by atoms with Gasteiger partial charge in [-0.2, -0.15) is 0 Å². The Hall–Kier alpha value is -2.54. The van der Waals surface area contributed by atoms with Crippen molar-refractivity contribution in [3.63, 3.8) is 0 Å². The highest BCUT2D eigenvalue weighted by atomic mass is 32.2. The first-order chi connectivity index (χ1) is 11.5. The molecule has 2 aromatic rings. The number of hydrogen-bond acceptors (Lipinski definition) is 6. The van der Waals surface area contributed by atoms with E-state index in [1.165, 1.54) is 19.2 Å². The molecule has 0 fully saturated rings. The van der Waals surface area contributed by atoms with Crippen LogP contribution in [0.15, 0.2) is 41.3 Å². The van der Waals surface area contributed by atoms with Gasteiger partial charge in [-0.25, -0.2) is 8.42 Å². The first kappa shape index (κ1) is 18.8. The number of nitrogens with two attached hydrogens (primary N) is 2. The Kier molecular flexibility index (Phi) is 4.81. The summed E-state index contributed by atoms with van der Waals surface area (Å²) >= 11 is 0. The number of rotatable bonds is 4. The smallest absolute Gasteiger partial charge is 0.196 e. The van der Waals surface area contributed by atoms with E-state index in [1.807, 2.05) is 0 Å². The van der Waals surface area contributed by atoms with E-state index < -0.39 is 20.4 Å². The molecule has 134 valence electrons. The molecule has 2 rings (SSSR count). The van der Waals surface area contributed by atoms with Crippen LogP contribution < -0.4 is 16.2 Å². The predicted molar refractivity (Wildman–Crippen MR) is 98.6 cm³/mol. The Morgan fingerprint density at radius 3 is 2.24 bits per heavy atom. The van der Waals surface area contributed by atoms with E-state index in [-0.39, 0.29) is 21.8 Å². The fourth-order valence-electron chi connectivity index (χ4n) is 2.32. The van der Waals surface area contributed by atoms with Crippen molar-refractivity contribution >= 4 is 27.0 Å². The second-order valence-electron chi connectivity index (χ2n) is 6.62. The number of hydrogen-bond donors (Lipinski definition) is 2. The molecule has 0 saturated heterocycles. The average molecular weight is 362 g/mol. The summed E-state index contributed by atoms with van der Waals surface area (Å²) in [5.74, 6) is -0.00219. The number of carbonyl (C=O) groups excluding carboxylic acids is 1. The van der Waals surface area contributed by atoms with Crippen molar-refractivity contribution in [1.29, 1.82) is 0 Å². The third-order valence-electron chi connectivity index (χ3n) is 3.88. The Morgan fingerprint density at radius 2 is 1.68 bits per heavy atom. The normalized spacial score (nSPS) is 12.0. The monoisotopic (exact) mass is 362 g/mol. The largest absolute Gasteiger partial charge is 0.496 e. The van der Waals surface area contributed by atoms with Gasteiger partial charge < -0.3 is 16.2 Å². The molecule has 0 radical (unpaired) electrons. The number of benzene rings is 2. The summed E-state index contributed by atoms with van der Waals surface area (Å²) in [6, 6.07) is 9.35. The summed E-state index contributed by atoms with van der Waals surface area (Å²) < 4.78 is 29.7. The zero-order valence-corrected chi connectivity index (χ0v) is 15.5. The van der Waals surface area contributed by atoms with Gasteiger partial charge in [-0.1, -0.05) is 12.1 Å². The van der Waals surface area contributed by atoms with Crippen molar-refractivity contribution in [3.8, 4) is 5.75 Å². The molecule has 0 spiro atoms. The van der Waals surface area contributed by atoms with Gasteiger partial charge in [0.05, 0.1) is 33.7 Å². The summed E-state index contributed by atoms with van der Waals surface area (Å²) in [5, 5.41) is 0. The second kappa shape index (κ2) is 6.40. The maximum absolute atomic E-state index is 12.8. The maximum Gasteiger partial charge on any atom is 0.196 e. The minimum absolute atomic E-state index is 0.0450. The lowest BCUT2D eigenvalue weighted by molar-refractivity contribution is 0.103. The molecule has 0 amide bonds. The van der Waals surface area contributed by atoms with Gasteiger partial charge >= 0.3 is 0 Å². The molecule has 0 bridgehead atoms. The van der Waals surface area contributed by atoms with Crippen LogP contribution in [0.4, 0.5) is 11.4 Å². The highest BCUT2D eigenvalue weighted by Gasteiger charge is 2.34. The van der Waals surface area contributed by atoms with Gasteiger partial charge in [-0.05, 0) is 45.0 Å². The van der Waals surface area contributed by atoms with Gasteiger partial charge in [-0.3, -0.25) is 4.79 Å². The van der Waals surface area contributed by atoms with Crippen LogP contribution in [0.25, 0.3) is 0 Å². The lowest BCUT2D eigenvalue weighted by Crippen LogP contribution is -2.29. The van der Waals surface area contributed by atoms with Gasteiger partial charge in [0, 0.05) is 5.56 Å². The van der Waals surface area contributed by atoms with Crippen LogP contribution in [0.2, 0.25) is 0 Å². The van der Waals surface area contributed by atoms with Crippen molar-refractivity contribution in [2.45, 2.75) is 30.4 Å². The van der Waals surface area contributed by atoms with E-state index in [0.29, 0.717) is 11.3 Å². The van der Waals surface area contributed by atoms with Crippen molar-refractivity contribution < 1.29 is 17.9 Å². The minimum atomic E-state index is -3.77. The van der Waals surface area contributed by atoms with E-state index >= 15 is 0 Å². The molecule has 0 aliphatic rings. The lowest BCUT2D eigenvalue weighted by atomic mass is 10.0. The van der Waals surface area contributed by atoms with Crippen molar-refractivity contribution in [2.75, 3.05) is 18.6 Å². The molecule has 6 nitrogen and oxygen atoms in total. The highest BCUT2D eigenvalue weighted by Crippen LogP contribution is 2.34. The molecule has 0 saturated carbocycles. The van der Waals surface area contributed by atoms with Gasteiger partial charge in [-0.15, -0.1) is 0 Å². The molecule has 4 N–H and O–H groups in total. The molecule has 0 unspecified atom stereocenters. The van der Waals surface area contributed by atoms with Crippen LogP contribution in [0, 0.1) is 0 Å². The summed E-state index contributed by atoms with van der Waals surface area (Å²) in [6.45, 7) is 4.69. The van der Waals surface area contributed by atoms with Crippen LogP contribution in [0.5, 0.6) is 5.75 Å². The fourth-order valence-corrected chi connectivity index (χ4v) is 3.67. The quantitative estimate of drug-likeness (QED) is 0.639. The number of carbonyl (C=O) groups is 1. The third kappa shape index (κ3) is 3.32. The summed E-state index contributed by atoms with van der Waals surface area (Å²) in [6.07, 6.45) is 0. The van der Waals surface area contributed by atoms with Crippen molar-refractivity contribution in [1.82, 2.24) is 0 Å². The van der Waals surface area contributed by atoms with E-state index in [0.717, 1.165) is 0 Å². The van der Waals surface area contributed by atoms with E-state index in [1.54, 1.807) is 45.0 Å². The molecular formula is C18H22N2O4S. The van der Waals surface area contributed by atoms with Crippen molar-refractivity contribution in [3.05, 3.63) is 47.5 Å². The lowest BCUT2D eigenvalue weighted by Gasteiger charge is -2.21. The Morgan fingerprint density at radius 1 is 1.08 bits per heavy atom. The van der Waals surface area contributed by atoms with Crippen LogP contribution in [-0.4, -0.2) is 26.1 Å². The van der Waals surface area contributed by atoms with Gasteiger partial charge in [0.15, 0.2) is 15.6 Å². The molecule has 2 aromatic carbocycles. The zero-order chi connectivity index (χ0) is 19.0. The van der Waals surface area contributed by atoms with Gasteiger partial charge in [0.25, 0.3) is 0 Å². The number of anilines is 2. The average Bonchev–Trinajstić information content (AvgIpc) is 2.55. The zero-order valence-electron chi connectivity index (χ0n) is 14.7. The number of ketones is 1. The fraction of sp³-hybridized carbons (Fsp3) is 0.278. The number of sulfone groups is 1. The van der Waals surface area contributed by atoms with Gasteiger partial charge in [0.1, 0.15) is 5.75 Å². The van der Waals surface area contributed by atoms with Crippen LogP contribution in [0.3, 0.4) is 0 Å². The van der Waals surface area contributed by atoms with E-state index in [9.17, 15) is 13.2 Å². The number of ether oxygens (including phenoxy) is 1. The van der Waals surface area contributed by atoms with E-state index in [2.05, 4.69) is 0 Å². The summed E-state index contributed by atoms with van der Waals surface area (Å²) in [5.41, 5.74) is 12.2. The topological polar surface area (TPSA) is 112 Å². The predicted octanol–water partition coefficient (Wildman–Crippen LogP) is 2.66. The standard InChI is InChI=1S/C18H22N2O4S/c1-18(2,3)25(22,23)15-10-11(9-13(19)16(15)20)17(21)12-7-5-6-8-14(12)24-4/h5-10H,19-20H2,1-4H3. The number of methoxy groups -OCH3 is 1. The second-order valence-corrected chi connectivity index (χ2v) is 9.29. The van der Waals surface area contributed by atoms with Crippen LogP contribution in [0.1, 0.15) is 36.7 Å². The molecule has 0 aromatic heterocycles. The van der Waals surface area contributed by atoms with Crippen LogP contribution in [-0.2, 0) is 9.84 Å². The SMILES string of the molecule is COc1ccccc1C(=O)c1cc(N)c(N)c(S(=O)(=O)C(C)(C)C)c1. The molecular weight excluding hydrogens is 340 g/mol. The first-order valence-electron chi connectivity index (χ1n) is 7.62. The molecule has 7 heteroatoms. The molecule has 25 heavy (non-hydrogen) atoms. The Bertz CT molecular complexity index is 929.